The van der Waals surface area contributed by atoms with Gasteiger partial charge in [0.2, 0.25) is 0 Å². The Morgan fingerprint density at radius 1 is 1.64 bits per heavy atom. The molecule has 0 aromatic carbocycles. The average Bonchev–Trinajstić information content (AvgIpc) is 2.42. The second-order valence-corrected chi connectivity index (χ2v) is 3.45. The van der Waals surface area contributed by atoms with Crippen LogP contribution in [0.3, 0.4) is 0 Å². The van der Waals surface area contributed by atoms with Gasteiger partial charge in [-0.25, -0.2) is 0 Å². The van der Waals surface area contributed by atoms with E-state index in [1.807, 2.05) is 0 Å². The van der Waals surface area contributed by atoms with Crippen molar-refractivity contribution in [3.63, 3.8) is 0 Å². The predicted molar refractivity (Wildman–Crippen MR) is 46.4 cm³/mol. The number of aliphatic hydroxyl groups excluding tert-OH is 1. The van der Waals surface area contributed by atoms with Crippen molar-refractivity contribution >= 4 is 5.97 Å². The molecule has 4 atom stereocenters. The van der Waals surface area contributed by atoms with Crippen molar-refractivity contribution < 1.29 is 23.8 Å². The lowest BCUT2D eigenvalue weighted by molar-refractivity contribution is -0.150. The Labute approximate surface area is 82.0 Å². The highest BCUT2D eigenvalue weighted by molar-refractivity contribution is 5.66. The van der Waals surface area contributed by atoms with E-state index in [1.165, 1.54) is 6.92 Å². The van der Waals surface area contributed by atoms with Gasteiger partial charge in [0.25, 0.3) is 0 Å². The molecule has 0 aromatic heterocycles. The van der Waals surface area contributed by atoms with E-state index in [0.29, 0.717) is 0 Å². The van der Waals surface area contributed by atoms with Crippen molar-refractivity contribution in [3.05, 3.63) is 0 Å². The van der Waals surface area contributed by atoms with E-state index in [1.54, 1.807) is 6.92 Å². The minimum absolute atomic E-state index is 0.253. The molecular formula is C9H15FO4. The topological polar surface area (TPSA) is 55.8 Å². The standard InChI is InChI=1S/C9H15FO4/c1-5-9(14-6(2)12)7(3-10)8(4-11)13-5/h5,7-9,11H,3-4H2,1-2H3/t5-,7+,8+,9-/m0/s1. The number of halogens is 1. The molecule has 0 unspecified atom stereocenters. The molecule has 0 bridgehead atoms. The molecule has 4 nitrogen and oxygen atoms in total. The molecule has 0 saturated carbocycles. The van der Waals surface area contributed by atoms with Crippen LogP contribution in [0.1, 0.15) is 13.8 Å². The number of carbonyl (C=O) groups is 1. The van der Waals surface area contributed by atoms with E-state index >= 15 is 0 Å². The lowest BCUT2D eigenvalue weighted by Gasteiger charge is -2.19. The van der Waals surface area contributed by atoms with Crippen LogP contribution < -0.4 is 0 Å². The first-order valence-corrected chi connectivity index (χ1v) is 4.59. The molecule has 0 spiro atoms. The molecule has 1 aliphatic rings. The van der Waals surface area contributed by atoms with Crippen molar-refractivity contribution in [2.75, 3.05) is 13.3 Å². The summed E-state index contributed by atoms with van der Waals surface area (Å²) in [5.74, 6) is -1.01. The summed E-state index contributed by atoms with van der Waals surface area (Å²) in [6, 6.07) is 0. The molecule has 1 heterocycles. The Morgan fingerprint density at radius 3 is 2.71 bits per heavy atom. The second-order valence-electron chi connectivity index (χ2n) is 3.45. The van der Waals surface area contributed by atoms with Crippen LogP contribution in [0.2, 0.25) is 0 Å². The maximum absolute atomic E-state index is 12.6. The summed E-state index contributed by atoms with van der Waals surface area (Å²) in [6.07, 6.45) is -1.52. The van der Waals surface area contributed by atoms with Crippen LogP contribution >= 0.6 is 0 Å². The normalized spacial score (nSPS) is 37.1. The summed E-state index contributed by atoms with van der Waals surface area (Å²) < 4.78 is 22.8. The molecule has 1 N–H and O–H groups in total. The Bertz CT molecular complexity index is 209. The van der Waals surface area contributed by atoms with Crippen LogP contribution in [0, 0.1) is 5.92 Å². The van der Waals surface area contributed by atoms with E-state index in [2.05, 4.69) is 0 Å². The highest BCUT2D eigenvalue weighted by atomic mass is 19.1. The van der Waals surface area contributed by atoms with Gasteiger partial charge in [0.15, 0.2) is 0 Å². The highest BCUT2D eigenvalue weighted by Crippen LogP contribution is 2.29. The molecule has 82 valence electrons. The number of rotatable bonds is 3. The van der Waals surface area contributed by atoms with E-state index < -0.39 is 30.8 Å². The third-order valence-electron chi connectivity index (χ3n) is 2.41. The molecule has 0 aromatic rings. The van der Waals surface area contributed by atoms with Crippen LogP contribution in [0.5, 0.6) is 0 Å². The Hall–Kier alpha value is -0.680. The molecule has 0 aliphatic carbocycles. The molecule has 5 heteroatoms. The largest absolute Gasteiger partial charge is 0.459 e. The quantitative estimate of drug-likeness (QED) is 0.674. The maximum Gasteiger partial charge on any atom is 0.303 e. The van der Waals surface area contributed by atoms with E-state index in [0.717, 1.165) is 0 Å². The first-order chi connectivity index (χ1) is 6.60. The average molecular weight is 206 g/mol. The number of carbonyl (C=O) groups excluding carboxylic acids is 1. The highest BCUT2D eigenvalue weighted by Gasteiger charge is 2.44. The van der Waals surface area contributed by atoms with Gasteiger partial charge in [-0.15, -0.1) is 0 Å². The zero-order valence-corrected chi connectivity index (χ0v) is 8.27. The van der Waals surface area contributed by atoms with E-state index in [4.69, 9.17) is 14.6 Å². The van der Waals surface area contributed by atoms with Crippen LogP contribution in [0.15, 0.2) is 0 Å². The first-order valence-electron chi connectivity index (χ1n) is 4.59. The Balaban J connectivity index is 2.66. The third kappa shape index (κ3) is 2.22. The fraction of sp³-hybridized carbons (Fsp3) is 0.889. The minimum atomic E-state index is -0.659. The molecule has 14 heavy (non-hydrogen) atoms. The van der Waals surface area contributed by atoms with E-state index in [9.17, 15) is 9.18 Å². The van der Waals surface area contributed by atoms with Crippen LogP contribution in [0.25, 0.3) is 0 Å². The molecule has 0 amide bonds. The summed E-state index contributed by atoms with van der Waals surface area (Å²) in [5.41, 5.74) is 0. The van der Waals surface area contributed by atoms with Crippen molar-refractivity contribution in [1.82, 2.24) is 0 Å². The summed E-state index contributed by atoms with van der Waals surface area (Å²) in [4.78, 5) is 10.7. The first kappa shape index (κ1) is 11.4. The van der Waals surface area contributed by atoms with Gasteiger partial charge in [0.05, 0.1) is 31.4 Å². The Kier molecular flexibility index (Phi) is 3.83. The van der Waals surface area contributed by atoms with Gasteiger partial charge in [0, 0.05) is 6.92 Å². The molecule has 1 aliphatic heterocycles. The zero-order chi connectivity index (χ0) is 10.7. The number of alkyl halides is 1. The summed E-state index contributed by atoms with van der Waals surface area (Å²) in [5, 5.41) is 8.91. The predicted octanol–water partition coefficient (Wildman–Crippen LogP) is 0.283. The fourth-order valence-electron chi connectivity index (χ4n) is 1.75. The summed E-state index contributed by atoms with van der Waals surface area (Å²) in [6.45, 7) is 2.06. The summed E-state index contributed by atoms with van der Waals surface area (Å²) >= 11 is 0. The maximum atomic E-state index is 12.6. The van der Waals surface area contributed by atoms with Gasteiger partial charge in [-0.3, -0.25) is 9.18 Å². The molecule has 1 fully saturated rings. The van der Waals surface area contributed by atoms with Crippen LogP contribution in [-0.2, 0) is 14.3 Å². The van der Waals surface area contributed by atoms with Crippen LogP contribution in [0.4, 0.5) is 4.39 Å². The van der Waals surface area contributed by atoms with Crippen LogP contribution in [-0.4, -0.2) is 42.7 Å². The third-order valence-corrected chi connectivity index (χ3v) is 2.41. The zero-order valence-electron chi connectivity index (χ0n) is 8.27. The number of esters is 1. The second kappa shape index (κ2) is 4.70. The van der Waals surface area contributed by atoms with Crippen molar-refractivity contribution in [2.24, 2.45) is 5.92 Å². The van der Waals surface area contributed by atoms with Gasteiger partial charge in [0.1, 0.15) is 6.10 Å². The molecule has 1 saturated heterocycles. The lowest BCUT2D eigenvalue weighted by Crippen LogP contribution is -2.33. The van der Waals surface area contributed by atoms with Crippen molar-refractivity contribution in [2.45, 2.75) is 32.2 Å². The van der Waals surface area contributed by atoms with E-state index in [-0.39, 0.29) is 12.7 Å². The lowest BCUT2D eigenvalue weighted by atomic mass is 9.98. The fourth-order valence-corrected chi connectivity index (χ4v) is 1.75. The SMILES string of the molecule is CC(=O)O[C@@H]1[C@H](CF)[C@@H](CO)O[C@H]1C. The van der Waals surface area contributed by atoms with Gasteiger partial charge < -0.3 is 14.6 Å². The van der Waals surface area contributed by atoms with Gasteiger partial charge in [-0.05, 0) is 6.92 Å². The molecule has 0 radical (unpaired) electrons. The Morgan fingerprint density at radius 2 is 2.29 bits per heavy atom. The number of hydrogen-bond acceptors (Lipinski definition) is 4. The van der Waals surface area contributed by atoms with Crippen molar-refractivity contribution in [3.8, 4) is 0 Å². The van der Waals surface area contributed by atoms with Gasteiger partial charge >= 0.3 is 5.97 Å². The minimum Gasteiger partial charge on any atom is -0.459 e. The van der Waals surface area contributed by atoms with Gasteiger partial charge in [-0.2, -0.15) is 0 Å². The smallest absolute Gasteiger partial charge is 0.303 e. The molecule has 1 rings (SSSR count). The number of aliphatic hydroxyl groups is 1. The molecular weight excluding hydrogens is 191 g/mol. The number of ether oxygens (including phenoxy) is 2. The summed E-state index contributed by atoms with van der Waals surface area (Å²) in [7, 11) is 0. The van der Waals surface area contributed by atoms with Gasteiger partial charge in [-0.1, -0.05) is 0 Å². The monoisotopic (exact) mass is 206 g/mol. The number of hydrogen-bond donors (Lipinski definition) is 1. The van der Waals surface area contributed by atoms with Crippen molar-refractivity contribution in [1.29, 1.82) is 0 Å².